The molecule has 0 radical (unpaired) electrons. The maximum atomic E-state index is 12.8. The Morgan fingerprint density at radius 2 is 1.74 bits per heavy atom. The normalized spacial score (nSPS) is 19.0. The van der Waals surface area contributed by atoms with Gasteiger partial charge in [0, 0.05) is 43.6 Å². The quantitative estimate of drug-likeness (QED) is 0.734. The van der Waals surface area contributed by atoms with Gasteiger partial charge in [-0.1, -0.05) is 0 Å². The molecule has 0 aliphatic heterocycles. The zero-order valence-electron chi connectivity index (χ0n) is 17.8. The fraction of sp³-hybridized carbons (Fsp3) is 0.476. The van der Waals surface area contributed by atoms with Crippen LogP contribution in [0.5, 0.6) is 0 Å². The summed E-state index contributed by atoms with van der Waals surface area (Å²) in [6.07, 6.45) is 0.176. The molecule has 2 amide bonds. The molecule has 31 heavy (non-hydrogen) atoms. The number of nitrogens with one attached hydrogen (secondary N) is 1. The van der Waals surface area contributed by atoms with Gasteiger partial charge in [-0.25, -0.2) is 9.78 Å². The average molecular weight is 436 g/mol. The van der Waals surface area contributed by atoms with E-state index in [1.54, 1.807) is 6.20 Å². The molecule has 7 nitrogen and oxygen atoms in total. The van der Waals surface area contributed by atoms with E-state index in [2.05, 4.69) is 15.3 Å². The highest BCUT2D eigenvalue weighted by molar-refractivity contribution is 5.91. The molecule has 1 aliphatic rings. The van der Waals surface area contributed by atoms with Crippen LogP contribution >= 0.6 is 0 Å². The fourth-order valence-electron chi connectivity index (χ4n) is 3.95. The molecule has 0 saturated heterocycles. The zero-order valence-corrected chi connectivity index (χ0v) is 17.8. The molecule has 1 aromatic heterocycles. The number of amides is 2. The highest BCUT2D eigenvalue weighted by Crippen LogP contribution is 2.33. The minimum atomic E-state index is -4.43. The van der Waals surface area contributed by atoms with E-state index >= 15 is 0 Å². The third kappa shape index (κ3) is 5.36. The number of hydrogen-bond donors (Lipinski definition) is 2. The number of carbonyl (C=O) groups excluding carboxylic acids is 1. The number of rotatable bonds is 5. The van der Waals surface area contributed by atoms with E-state index in [0.29, 0.717) is 24.5 Å². The Kier molecular flexibility index (Phi) is 6.56. The maximum absolute atomic E-state index is 12.8. The van der Waals surface area contributed by atoms with Gasteiger partial charge in [-0.05, 0) is 56.9 Å². The van der Waals surface area contributed by atoms with Crippen LogP contribution in [0.15, 0.2) is 30.5 Å². The van der Waals surface area contributed by atoms with Gasteiger partial charge in [0.15, 0.2) is 0 Å². The number of urea groups is 1. The largest absolute Gasteiger partial charge is 0.416 e. The van der Waals surface area contributed by atoms with Crippen molar-refractivity contribution in [1.82, 2.24) is 9.97 Å². The summed E-state index contributed by atoms with van der Waals surface area (Å²) in [6.45, 7) is 1.95. The lowest BCUT2D eigenvalue weighted by Crippen LogP contribution is -2.46. The number of aryl methyl sites for hydroxylation is 1. The maximum Gasteiger partial charge on any atom is 0.416 e. The van der Waals surface area contributed by atoms with Crippen molar-refractivity contribution in [3.63, 3.8) is 0 Å². The van der Waals surface area contributed by atoms with E-state index in [9.17, 15) is 18.0 Å². The van der Waals surface area contributed by atoms with E-state index in [1.807, 2.05) is 25.9 Å². The second-order valence-corrected chi connectivity index (χ2v) is 8.00. The first kappa shape index (κ1) is 22.6. The Morgan fingerprint density at radius 3 is 2.26 bits per heavy atom. The smallest absolute Gasteiger partial charge is 0.362 e. The van der Waals surface area contributed by atoms with Crippen molar-refractivity contribution in [2.24, 2.45) is 5.73 Å². The van der Waals surface area contributed by atoms with Gasteiger partial charge in [0.2, 0.25) is 5.95 Å². The van der Waals surface area contributed by atoms with Gasteiger partial charge < -0.3 is 16.0 Å². The number of hydrogen-bond acceptors (Lipinski definition) is 5. The van der Waals surface area contributed by atoms with Crippen molar-refractivity contribution >= 4 is 23.5 Å². The predicted octanol–water partition coefficient (Wildman–Crippen LogP) is 4.18. The Morgan fingerprint density at radius 1 is 1.13 bits per heavy atom. The third-order valence-electron chi connectivity index (χ3n) is 5.47. The number of halogens is 3. The first-order valence-corrected chi connectivity index (χ1v) is 10.1. The van der Waals surface area contributed by atoms with Crippen LogP contribution in [0.2, 0.25) is 0 Å². The predicted molar refractivity (Wildman–Crippen MR) is 114 cm³/mol. The molecule has 3 N–H and O–H groups in total. The second kappa shape index (κ2) is 8.99. The lowest BCUT2D eigenvalue weighted by molar-refractivity contribution is -0.137. The number of anilines is 3. The average Bonchev–Trinajstić information content (AvgIpc) is 2.70. The van der Waals surface area contributed by atoms with Crippen molar-refractivity contribution in [3.05, 3.63) is 41.6 Å². The van der Waals surface area contributed by atoms with Crippen LogP contribution in [-0.4, -0.2) is 42.2 Å². The van der Waals surface area contributed by atoms with Gasteiger partial charge in [0.05, 0.1) is 5.56 Å². The van der Waals surface area contributed by atoms with E-state index in [-0.39, 0.29) is 12.1 Å². The van der Waals surface area contributed by atoms with Crippen molar-refractivity contribution in [3.8, 4) is 0 Å². The van der Waals surface area contributed by atoms with Crippen LogP contribution in [0.25, 0.3) is 0 Å². The molecule has 1 fully saturated rings. The Hall–Kier alpha value is -3.04. The molecule has 1 aliphatic carbocycles. The summed E-state index contributed by atoms with van der Waals surface area (Å²) in [7, 11) is 3.84. The van der Waals surface area contributed by atoms with Gasteiger partial charge in [-0.15, -0.1) is 0 Å². The molecular weight excluding hydrogens is 409 g/mol. The second-order valence-electron chi connectivity index (χ2n) is 8.00. The number of primary amides is 1. The number of carbonyl (C=O) groups is 1. The van der Waals surface area contributed by atoms with Crippen molar-refractivity contribution in [1.29, 1.82) is 0 Å². The summed E-state index contributed by atoms with van der Waals surface area (Å²) in [5.41, 5.74) is 6.15. The summed E-state index contributed by atoms with van der Waals surface area (Å²) in [5.74, 6) is 1.39. The van der Waals surface area contributed by atoms with Crippen molar-refractivity contribution in [2.75, 3.05) is 29.2 Å². The van der Waals surface area contributed by atoms with E-state index in [1.165, 1.54) is 17.0 Å². The molecule has 0 atom stereocenters. The van der Waals surface area contributed by atoms with Crippen LogP contribution in [0.4, 0.5) is 35.4 Å². The van der Waals surface area contributed by atoms with Crippen LogP contribution in [0.3, 0.4) is 0 Å². The number of nitrogens with zero attached hydrogens (tertiary/aromatic N) is 4. The number of benzene rings is 1. The fourth-order valence-corrected chi connectivity index (χ4v) is 3.95. The van der Waals surface area contributed by atoms with E-state index in [0.717, 1.165) is 36.4 Å². The molecule has 1 heterocycles. The molecule has 0 spiro atoms. The lowest BCUT2D eigenvalue weighted by atomic mass is 9.90. The molecule has 168 valence electrons. The van der Waals surface area contributed by atoms with Gasteiger partial charge in [-0.2, -0.15) is 18.2 Å². The molecule has 1 saturated carbocycles. The number of alkyl halides is 3. The molecule has 2 aromatic rings. The molecule has 3 rings (SSSR count). The Labute approximate surface area is 179 Å². The summed E-state index contributed by atoms with van der Waals surface area (Å²) in [5, 5.41) is 3.35. The standard InChI is InChI=1S/C21H27F3N6O/c1-13-12-26-20(28-18(13)29(2)3)27-15-6-10-17(11-7-15)30(19(25)31)16-8-4-14(5-9-16)21(22,23)24/h4-5,8-9,12,15,17H,6-7,10-11H2,1-3H3,(H2,25,31)(H,26,27,28). The summed E-state index contributed by atoms with van der Waals surface area (Å²) < 4.78 is 38.5. The lowest BCUT2D eigenvalue weighted by Gasteiger charge is -2.36. The zero-order chi connectivity index (χ0) is 22.8. The van der Waals surface area contributed by atoms with Crippen LogP contribution in [0, 0.1) is 6.92 Å². The van der Waals surface area contributed by atoms with Crippen LogP contribution in [0.1, 0.15) is 36.8 Å². The Bertz CT molecular complexity index is 908. The van der Waals surface area contributed by atoms with Gasteiger partial charge in [0.25, 0.3) is 0 Å². The minimum Gasteiger partial charge on any atom is -0.362 e. The SMILES string of the molecule is Cc1cnc(NC2CCC(N(C(N)=O)c3ccc(C(F)(F)F)cc3)CC2)nc1N(C)C. The third-order valence-corrected chi connectivity index (χ3v) is 5.47. The summed E-state index contributed by atoms with van der Waals surface area (Å²) in [6, 6.07) is 3.81. The molecule has 1 aromatic carbocycles. The van der Waals surface area contributed by atoms with Gasteiger partial charge in [0.1, 0.15) is 5.82 Å². The monoisotopic (exact) mass is 436 g/mol. The van der Waals surface area contributed by atoms with Crippen molar-refractivity contribution < 1.29 is 18.0 Å². The first-order chi connectivity index (χ1) is 14.6. The first-order valence-electron chi connectivity index (χ1n) is 10.1. The number of nitrogens with two attached hydrogens (primary N) is 1. The van der Waals surface area contributed by atoms with Gasteiger partial charge in [-0.3, -0.25) is 4.90 Å². The minimum absolute atomic E-state index is 0.135. The summed E-state index contributed by atoms with van der Waals surface area (Å²) >= 11 is 0. The molecule has 10 heteroatoms. The molecule has 0 bridgehead atoms. The topological polar surface area (TPSA) is 87.4 Å². The molecule has 0 unspecified atom stereocenters. The number of aromatic nitrogens is 2. The highest BCUT2D eigenvalue weighted by Gasteiger charge is 2.32. The Balaban J connectivity index is 1.65. The molecular formula is C21H27F3N6O. The van der Waals surface area contributed by atoms with Crippen LogP contribution in [-0.2, 0) is 6.18 Å². The highest BCUT2D eigenvalue weighted by atomic mass is 19.4. The van der Waals surface area contributed by atoms with Crippen LogP contribution < -0.4 is 20.9 Å². The van der Waals surface area contributed by atoms with E-state index in [4.69, 9.17) is 5.73 Å². The van der Waals surface area contributed by atoms with Gasteiger partial charge >= 0.3 is 12.2 Å². The summed E-state index contributed by atoms with van der Waals surface area (Å²) in [4.78, 5) is 24.3. The van der Waals surface area contributed by atoms with Crippen molar-refractivity contribution in [2.45, 2.75) is 50.9 Å². The van der Waals surface area contributed by atoms with E-state index < -0.39 is 17.8 Å².